The van der Waals surface area contributed by atoms with E-state index in [1.807, 2.05) is 24.3 Å². The molecule has 0 bridgehead atoms. The second kappa shape index (κ2) is 11.8. The van der Waals surface area contributed by atoms with E-state index in [2.05, 4.69) is 4.98 Å². The first-order chi connectivity index (χ1) is 16.7. The summed E-state index contributed by atoms with van der Waals surface area (Å²) in [5, 5.41) is 20.4. The van der Waals surface area contributed by atoms with Crippen LogP contribution in [0, 0.1) is 16.0 Å². The summed E-state index contributed by atoms with van der Waals surface area (Å²) >= 11 is 0. The average Bonchev–Trinajstić information content (AvgIpc) is 2.84. The molecule has 1 aliphatic heterocycles. The minimum absolute atomic E-state index is 0.0392. The molecule has 35 heavy (non-hydrogen) atoms. The summed E-state index contributed by atoms with van der Waals surface area (Å²) in [6.45, 7) is 3.85. The topological polar surface area (TPSA) is 130 Å². The predicted molar refractivity (Wildman–Crippen MR) is 126 cm³/mol. The van der Waals surface area contributed by atoms with Gasteiger partial charge in [-0.1, -0.05) is 18.2 Å². The van der Waals surface area contributed by atoms with Gasteiger partial charge in [0.05, 0.1) is 30.8 Å². The molecule has 2 heterocycles. The number of carbonyl (C=O) groups is 1. The van der Waals surface area contributed by atoms with Crippen LogP contribution < -0.4 is 9.47 Å². The van der Waals surface area contributed by atoms with Gasteiger partial charge in [0.2, 0.25) is 0 Å². The molecule has 0 amide bonds. The maximum absolute atomic E-state index is 11.6. The third-order valence-corrected chi connectivity index (χ3v) is 5.61. The van der Waals surface area contributed by atoms with Gasteiger partial charge in [-0.3, -0.25) is 19.9 Å². The highest BCUT2D eigenvalue weighted by Crippen LogP contribution is 2.40. The van der Waals surface area contributed by atoms with E-state index < -0.39 is 22.8 Å². The van der Waals surface area contributed by atoms with E-state index >= 15 is 0 Å². The Hall–Kier alpha value is -3.50. The fraction of sp³-hybridized carbons (Fsp3) is 0.440. The molecule has 0 spiro atoms. The number of benzene rings is 1. The number of hydrogen-bond donors (Lipinski definition) is 1. The lowest BCUT2D eigenvalue weighted by molar-refractivity contribution is -0.386. The molecule has 3 atom stereocenters. The molecule has 1 N–H and O–H groups in total. The Bertz CT molecular complexity index is 1040. The summed E-state index contributed by atoms with van der Waals surface area (Å²) in [6.07, 6.45) is 7.16. The highest BCUT2D eigenvalue weighted by molar-refractivity contribution is 5.66. The van der Waals surface area contributed by atoms with Gasteiger partial charge in [0, 0.05) is 24.7 Å². The van der Waals surface area contributed by atoms with Gasteiger partial charge in [-0.2, -0.15) is 0 Å². The molecular formula is C25H30N2O8. The normalized spacial score (nSPS) is 20.5. The third kappa shape index (κ3) is 7.00. The van der Waals surface area contributed by atoms with Crippen molar-refractivity contribution >= 4 is 11.7 Å². The van der Waals surface area contributed by atoms with Crippen LogP contribution in [0.15, 0.2) is 54.9 Å². The first kappa shape index (κ1) is 26.1. The van der Waals surface area contributed by atoms with Crippen LogP contribution in [0.1, 0.15) is 44.8 Å². The van der Waals surface area contributed by atoms with E-state index in [0.29, 0.717) is 25.2 Å². The second-order valence-electron chi connectivity index (χ2n) is 8.70. The highest BCUT2D eigenvalue weighted by atomic mass is 16.7. The Labute approximate surface area is 203 Å². The summed E-state index contributed by atoms with van der Waals surface area (Å²) in [4.78, 5) is 26.0. The molecule has 10 nitrogen and oxygen atoms in total. The number of pyridine rings is 1. The van der Waals surface area contributed by atoms with E-state index in [4.69, 9.17) is 24.1 Å². The molecule has 1 aromatic carbocycles. The number of rotatable bonds is 11. The molecule has 10 heteroatoms. The van der Waals surface area contributed by atoms with Crippen molar-refractivity contribution in [3.8, 4) is 11.5 Å². The summed E-state index contributed by atoms with van der Waals surface area (Å²) in [6, 6.07) is 8.13. The van der Waals surface area contributed by atoms with Crippen molar-refractivity contribution in [2.45, 2.75) is 51.1 Å². The molecule has 1 fully saturated rings. The molecular weight excluding hydrogens is 456 g/mol. The zero-order chi connectivity index (χ0) is 25.4. The number of methoxy groups -OCH3 is 1. The van der Waals surface area contributed by atoms with Crippen LogP contribution in [0.2, 0.25) is 0 Å². The van der Waals surface area contributed by atoms with E-state index in [1.165, 1.54) is 19.2 Å². The van der Waals surface area contributed by atoms with Crippen molar-refractivity contribution in [2.75, 3.05) is 13.7 Å². The first-order valence-electron chi connectivity index (χ1n) is 11.3. The number of nitrogens with zero attached hydrogens (tertiary/aromatic N) is 2. The van der Waals surface area contributed by atoms with Gasteiger partial charge in [0.25, 0.3) is 0 Å². The number of carboxylic acids is 1. The molecule has 2 aromatic rings. The Kier molecular flexibility index (Phi) is 8.78. The average molecular weight is 487 g/mol. The van der Waals surface area contributed by atoms with Crippen LogP contribution in [0.25, 0.3) is 0 Å². The molecule has 3 rings (SSSR count). The summed E-state index contributed by atoms with van der Waals surface area (Å²) in [5.74, 6) is -0.450. The molecule has 0 radical (unpaired) electrons. The smallest absolute Gasteiger partial charge is 0.314 e. The van der Waals surface area contributed by atoms with E-state index in [-0.39, 0.29) is 29.9 Å². The van der Waals surface area contributed by atoms with Gasteiger partial charge >= 0.3 is 11.7 Å². The first-order valence-corrected chi connectivity index (χ1v) is 11.3. The molecule has 0 unspecified atom stereocenters. The minimum Gasteiger partial charge on any atom is -0.496 e. The molecule has 1 saturated heterocycles. The van der Waals surface area contributed by atoms with Crippen molar-refractivity contribution in [3.63, 3.8) is 0 Å². The number of carboxylic acid groups (broad SMARTS) is 1. The summed E-state index contributed by atoms with van der Waals surface area (Å²) in [7, 11) is 1.43. The summed E-state index contributed by atoms with van der Waals surface area (Å²) < 4.78 is 23.5. The van der Waals surface area contributed by atoms with E-state index in [0.717, 1.165) is 5.56 Å². The van der Waals surface area contributed by atoms with Crippen LogP contribution >= 0.6 is 0 Å². The van der Waals surface area contributed by atoms with Gasteiger partial charge in [-0.05, 0) is 50.5 Å². The number of nitro groups is 1. The largest absolute Gasteiger partial charge is 0.496 e. The number of aromatic nitrogens is 1. The minimum atomic E-state index is -1.07. The van der Waals surface area contributed by atoms with E-state index in [1.54, 1.807) is 32.3 Å². The molecule has 0 aliphatic carbocycles. The third-order valence-electron chi connectivity index (χ3n) is 5.61. The Morgan fingerprint density at radius 2 is 2.14 bits per heavy atom. The lowest BCUT2D eigenvalue weighted by Crippen LogP contribution is -2.50. The Morgan fingerprint density at radius 1 is 1.34 bits per heavy atom. The highest BCUT2D eigenvalue weighted by Gasteiger charge is 2.43. The number of nitro benzene ring substituents is 1. The van der Waals surface area contributed by atoms with Crippen molar-refractivity contribution in [1.29, 1.82) is 0 Å². The molecule has 1 aliphatic rings. The number of allylic oxidation sites excluding steroid dienone is 2. The molecule has 0 saturated carbocycles. The van der Waals surface area contributed by atoms with Crippen molar-refractivity contribution in [3.05, 3.63) is 70.6 Å². The van der Waals surface area contributed by atoms with Gasteiger partial charge < -0.3 is 24.1 Å². The quantitative estimate of drug-likeness (QED) is 0.273. The van der Waals surface area contributed by atoms with Gasteiger partial charge in [-0.25, -0.2) is 0 Å². The van der Waals surface area contributed by atoms with Gasteiger partial charge in [0.15, 0.2) is 17.6 Å². The van der Waals surface area contributed by atoms with Crippen LogP contribution in [0.5, 0.6) is 11.5 Å². The zero-order valence-electron chi connectivity index (χ0n) is 20.0. The lowest BCUT2D eigenvalue weighted by Gasteiger charge is -2.42. The fourth-order valence-electron chi connectivity index (χ4n) is 3.81. The van der Waals surface area contributed by atoms with E-state index in [9.17, 15) is 14.9 Å². The number of hydrogen-bond acceptors (Lipinski definition) is 8. The number of aliphatic carboxylic acids is 1. The standard InChI is InChI=1S/C25H30N2O8/c1-25(2,35-21-12-11-19(32-3)14-20(21)27(30)31)24-33-16-18(8-5-4-6-10-22(28)29)23(34-24)17-9-7-13-26-15-17/h4-5,7,9,11-15,18,23-24H,6,8,10,16H2,1-3H3,(H,28,29)/b5-4-/t18-,23-,24+/m1/s1. The monoisotopic (exact) mass is 486 g/mol. The Balaban J connectivity index is 1.77. The van der Waals surface area contributed by atoms with Crippen molar-refractivity contribution < 1.29 is 33.8 Å². The predicted octanol–water partition coefficient (Wildman–Crippen LogP) is 4.70. The molecule has 1 aromatic heterocycles. The van der Waals surface area contributed by atoms with Gasteiger partial charge in [-0.15, -0.1) is 0 Å². The molecule has 188 valence electrons. The maximum atomic E-state index is 11.6. The van der Waals surface area contributed by atoms with Gasteiger partial charge in [0.1, 0.15) is 5.75 Å². The SMILES string of the molecule is COc1ccc(OC(C)(C)[C@H]2OC[C@@H](C/C=C\CCC(=O)O)[C@@H](c3cccnc3)O2)c([N+](=O)[O-])c1. The maximum Gasteiger partial charge on any atom is 0.314 e. The second-order valence-corrected chi connectivity index (χ2v) is 8.70. The number of ether oxygens (including phenoxy) is 4. The van der Waals surface area contributed by atoms with Crippen LogP contribution in [0.3, 0.4) is 0 Å². The Morgan fingerprint density at radius 3 is 2.80 bits per heavy atom. The summed E-state index contributed by atoms with van der Waals surface area (Å²) in [5.41, 5.74) is -0.417. The zero-order valence-corrected chi connectivity index (χ0v) is 20.0. The van der Waals surface area contributed by atoms with Crippen LogP contribution in [0.4, 0.5) is 5.69 Å². The van der Waals surface area contributed by atoms with Crippen molar-refractivity contribution in [1.82, 2.24) is 4.98 Å². The van der Waals surface area contributed by atoms with Crippen molar-refractivity contribution in [2.24, 2.45) is 5.92 Å². The van der Waals surface area contributed by atoms with Crippen LogP contribution in [-0.4, -0.2) is 46.6 Å². The fourth-order valence-corrected chi connectivity index (χ4v) is 3.81. The lowest BCUT2D eigenvalue weighted by atomic mass is 9.92. The van der Waals surface area contributed by atoms with Crippen LogP contribution in [-0.2, 0) is 14.3 Å².